The zero-order valence-electron chi connectivity index (χ0n) is 9.65. The average Bonchev–Trinajstić information content (AvgIpc) is 2.98. The molecule has 0 aromatic carbocycles. The first kappa shape index (κ1) is 11.1. The number of carbonyl (C=O) groups is 1. The lowest BCUT2D eigenvalue weighted by Crippen LogP contribution is -2.15. The van der Waals surface area contributed by atoms with E-state index in [0.29, 0.717) is 5.69 Å². The van der Waals surface area contributed by atoms with Gasteiger partial charge in [0.1, 0.15) is 0 Å². The van der Waals surface area contributed by atoms with Crippen LogP contribution in [-0.2, 0) is 13.0 Å². The summed E-state index contributed by atoms with van der Waals surface area (Å²) >= 11 is 0. The summed E-state index contributed by atoms with van der Waals surface area (Å²) in [6, 6.07) is 0. The first-order valence-electron chi connectivity index (χ1n) is 5.94. The zero-order chi connectivity index (χ0) is 11.5. The quantitative estimate of drug-likeness (QED) is 0.784. The molecule has 1 saturated carbocycles. The Kier molecular flexibility index (Phi) is 3.22. The second kappa shape index (κ2) is 4.63. The summed E-state index contributed by atoms with van der Waals surface area (Å²) in [7, 11) is 0. The van der Waals surface area contributed by atoms with Crippen molar-refractivity contribution < 1.29 is 4.79 Å². The molecule has 1 amide bonds. The molecule has 0 spiro atoms. The molecule has 0 aliphatic heterocycles. The Balaban J connectivity index is 2.11. The highest BCUT2D eigenvalue weighted by atomic mass is 16.1. The molecule has 0 radical (unpaired) electrons. The maximum absolute atomic E-state index is 11.2. The zero-order valence-corrected chi connectivity index (χ0v) is 9.65. The van der Waals surface area contributed by atoms with Gasteiger partial charge in [0.15, 0.2) is 5.69 Å². The van der Waals surface area contributed by atoms with Gasteiger partial charge >= 0.3 is 0 Å². The Bertz CT molecular complexity index is 381. The van der Waals surface area contributed by atoms with Crippen LogP contribution >= 0.6 is 0 Å². The number of hydrogen-bond acceptors (Lipinski definition) is 3. The van der Waals surface area contributed by atoms with E-state index in [2.05, 4.69) is 17.2 Å². The van der Waals surface area contributed by atoms with Crippen LogP contribution in [-0.4, -0.2) is 20.9 Å². The first-order chi connectivity index (χ1) is 7.72. The minimum absolute atomic E-state index is 0.345. The normalized spacial score (nSPS) is 15.3. The number of nitrogens with two attached hydrogens (primary N) is 1. The standard InChI is InChI=1S/C11H18N4O/c1-2-3-9-10(11(12)16)13-14-15(9)7-6-8-4-5-8/h8H,2-7H2,1H3,(H2,12,16). The van der Waals surface area contributed by atoms with Crippen molar-refractivity contribution in [2.24, 2.45) is 11.7 Å². The molecule has 5 heteroatoms. The predicted molar refractivity (Wildman–Crippen MR) is 59.9 cm³/mol. The first-order valence-corrected chi connectivity index (χ1v) is 5.94. The van der Waals surface area contributed by atoms with Crippen molar-refractivity contribution in [3.8, 4) is 0 Å². The van der Waals surface area contributed by atoms with Gasteiger partial charge in [0.05, 0.1) is 5.69 Å². The lowest BCUT2D eigenvalue weighted by Gasteiger charge is -2.05. The summed E-state index contributed by atoms with van der Waals surface area (Å²) in [6.07, 6.45) is 5.59. The van der Waals surface area contributed by atoms with Crippen molar-refractivity contribution in [2.75, 3.05) is 0 Å². The highest BCUT2D eigenvalue weighted by molar-refractivity contribution is 5.91. The summed E-state index contributed by atoms with van der Waals surface area (Å²) in [6.45, 7) is 2.93. The van der Waals surface area contributed by atoms with E-state index in [4.69, 9.17) is 5.73 Å². The summed E-state index contributed by atoms with van der Waals surface area (Å²) in [5, 5.41) is 7.89. The van der Waals surface area contributed by atoms with Crippen LogP contribution < -0.4 is 5.73 Å². The molecule has 1 aromatic heterocycles. The molecule has 1 aromatic rings. The van der Waals surface area contributed by atoms with Gasteiger partial charge < -0.3 is 5.73 Å². The molecule has 0 bridgehead atoms. The molecular formula is C11H18N4O. The van der Waals surface area contributed by atoms with Crippen molar-refractivity contribution in [1.82, 2.24) is 15.0 Å². The lowest BCUT2D eigenvalue weighted by atomic mass is 10.2. The molecule has 1 heterocycles. The number of nitrogens with zero attached hydrogens (tertiary/aromatic N) is 3. The largest absolute Gasteiger partial charge is 0.364 e. The molecule has 16 heavy (non-hydrogen) atoms. The fraction of sp³-hybridized carbons (Fsp3) is 0.727. The van der Waals surface area contributed by atoms with Crippen molar-refractivity contribution >= 4 is 5.91 Å². The molecule has 1 fully saturated rings. The molecule has 0 unspecified atom stereocenters. The van der Waals surface area contributed by atoms with Gasteiger partial charge in [-0.1, -0.05) is 31.4 Å². The minimum Gasteiger partial charge on any atom is -0.364 e. The summed E-state index contributed by atoms with van der Waals surface area (Å²) in [5.41, 5.74) is 6.52. The molecule has 0 saturated heterocycles. The van der Waals surface area contributed by atoms with Gasteiger partial charge in [-0.3, -0.25) is 4.79 Å². The molecule has 2 N–H and O–H groups in total. The molecular weight excluding hydrogens is 204 g/mol. The van der Waals surface area contributed by atoms with Gasteiger partial charge in [0.25, 0.3) is 5.91 Å². The molecule has 88 valence electrons. The van der Waals surface area contributed by atoms with Crippen molar-refractivity contribution in [3.05, 3.63) is 11.4 Å². The van der Waals surface area contributed by atoms with E-state index in [-0.39, 0.29) is 0 Å². The van der Waals surface area contributed by atoms with E-state index in [9.17, 15) is 4.79 Å². The van der Waals surface area contributed by atoms with E-state index in [0.717, 1.165) is 37.4 Å². The fourth-order valence-electron chi connectivity index (χ4n) is 1.90. The summed E-state index contributed by atoms with van der Waals surface area (Å²) in [5.74, 6) is 0.386. The van der Waals surface area contributed by atoms with Crippen LogP contribution in [0.1, 0.15) is 48.8 Å². The van der Waals surface area contributed by atoms with Crippen LogP contribution in [0.4, 0.5) is 0 Å². The summed E-state index contributed by atoms with van der Waals surface area (Å²) < 4.78 is 1.85. The molecule has 1 aliphatic rings. The Labute approximate surface area is 95.0 Å². The lowest BCUT2D eigenvalue weighted by molar-refractivity contribution is 0.0994. The fourth-order valence-corrected chi connectivity index (χ4v) is 1.90. The van der Waals surface area contributed by atoms with E-state index >= 15 is 0 Å². The summed E-state index contributed by atoms with van der Waals surface area (Å²) in [4.78, 5) is 11.2. The Hall–Kier alpha value is -1.39. The topological polar surface area (TPSA) is 73.8 Å². The van der Waals surface area contributed by atoms with E-state index in [1.165, 1.54) is 12.8 Å². The van der Waals surface area contributed by atoms with Crippen LogP contribution in [0.3, 0.4) is 0 Å². The van der Waals surface area contributed by atoms with Crippen molar-refractivity contribution in [3.63, 3.8) is 0 Å². The van der Waals surface area contributed by atoms with E-state index in [1.807, 2.05) is 4.68 Å². The number of aromatic nitrogens is 3. The van der Waals surface area contributed by atoms with Gasteiger partial charge in [-0.25, -0.2) is 4.68 Å². The predicted octanol–water partition coefficient (Wildman–Crippen LogP) is 1.13. The van der Waals surface area contributed by atoms with Crippen molar-refractivity contribution in [1.29, 1.82) is 0 Å². The monoisotopic (exact) mass is 222 g/mol. The maximum Gasteiger partial charge on any atom is 0.271 e. The second-order valence-electron chi connectivity index (χ2n) is 4.45. The number of hydrogen-bond donors (Lipinski definition) is 1. The van der Waals surface area contributed by atoms with Crippen LogP contribution in [0, 0.1) is 5.92 Å². The molecule has 0 atom stereocenters. The van der Waals surface area contributed by atoms with Gasteiger partial charge in [-0.05, 0) is 18.8 Å². The number of primary amides is 1. The van der Waals surface area contributed by atoms with Gasteiger partial charge in [0.2, 0.25) is 0 Å². The molecule has 2 rings (SSSR count). The number of amides is 1. The van der Waals surface area contributed by atoms with Gasteiger partial charge in [0, 0.05) is 6.54 Å². The Morgan fingerprint density at radius 1 is 1.56 bits per heavy atom. The van der Waals surface area contributed by atoms with Crippen molar-refractivity contribution in [2.45, 2.75) is 45.6 Å². The number of aryl methyl sites for hydroxylation is 1. The smallest absolute Gasteiger partial charge is 0.271 e. The molecule has 1 aliphatic carbocycles. The second-order valence-corrected chi connectivity index (χ2v) is 4.45. The van der Waals surface area contributed by atoms with Gasteiger partial charge in [-0.15, -0.1) is 5.10 Å². The van der Waals surface area contributed by atoms with Crippen LogP contribution in [0.2, 0.25) is 0 Å². The molecule has 5 nitrogen and oxygen atoms in total. The number of carbonyl (C=O) groups excluding carboxylic acids is 1. The Morgan fingerprint density at radius 3 is 2.88 bits per heavy atom. The highest BCUT2D eigenvalue weighted by Crippen LogP contribution is 2.32. The average molecular weight is 222 g/mol. The van der Waals surface area contributed by atoms with Crippen LogP contribution in [0.25, 0.3) is 0 Å². The third kappa shape index (κ3) is 2.40. The van der Waals surface area contributed by atoms with Crippen LogP contribution in [0.15, 0.2) is 0 Å². The minimum atomic E-state index is -0.471. The highest BCUT2D eigenvalue weighted by Gasteiger charge is 2.22. The van der Waals surface area contributed by atoms with Gasteiger partial charge in [-0.2, -0.15) is 0 Å². The van der Waals surface area contributed by atoms with Crippen LogP contribution in [0.5, 0.6) is 0 Å². The Morgan fingerprint density at radius 2 is 2.31 bits per heavy atom. The van der Waals surface area contributed by atoms with E-state index in [1.54, 1.807) is 0 Å². The third-order valence-electron chi connectivity index (χ3n) is 3.00. The number of rotatable bonds is 6. The SMILES string of the molecule is CCCc1c(C(N)=O)nnn1CCC1CC1. The van der Waals surface area contributed by atoms with E-state index < -0.39 is 5.91 Å². The maximum atomic E-state index is 11.2. The third-order valence-corrected chi connectivity index (χ3v) is 3.00.